The van der Waals surface area contributed by atoms with Gasteiger partial charge in [-0.2, -0.15) is 0 Å². The number of aromatic carboxylic acids is 1. The highest BCUT2D eigenvalue weighted by molar-refractivity contribution is 5.89. The minimum absolute atomic E-state index is 0.0952. The van der Waals surface area contributed by atoms with Crippen LogP contribution in [0.25, 0.3) is 0 Å². The van der Waals surface area contributed by atoms with E-state index in [1.54, 1.807) is 23.1 Å². The molecular formula is C16H22N2O3. The fourth-order valence-corrected chi connectivity index (χ4v) is 2.46. The van der Waals surface area contributed by atoms with Crippen LogP contribution in [-0.2, 0) is 6.42 Å². The van der Waals surface area contributed by atoms with Crippen LogP contribution < -0.4 is 5.32 Å². The predicted molar refractivity (Wildman–Crippen MR) is 80.5 cm³/mol. The lowest BCUT2D eigenvalue weighted by molar-refractivity contribution is 0.0695. The molecule has 0 heterocycles. The molecule has 1 aromatic rings. The molecule has 1 atom stereocenters. The van der Waals surface area contributed by atoms with E-state index in [0.717, 1.165) is 5.56 Å². The molecule has 0 bridgehead atoms. The quantitative estimate of drug-likeness (QED) is 0.845. The van der Waals surface area contributed by atoms with Gasteiger partial charge in [-0.15, -0.1) is 0 Å². The molecule has 21 heavy (non-hydrogen) atoms. The number of nitrogens with zero attached hydrogens (tertiary/aromatic N) is 1. The SMILES string of the molecule is CC(C1CC1)N(C)C(=O)NCCc1ccccc1C(=O)O. The van der Waals surface area contributed by atoms with Crippen LogP contribution in [0.2, 0.25) is 0 Å². The highest BCUT2D eigenvalue weighted by Gasteiger charge is 2.32. The fourth-order valence-electron chi connectivity index (χ4n) is 2.46. The molecule has 0 aromatic heterocycles. The van der Waals surface area contributed by atoms with E-state index in [1.165, 1.54) is 12.8 Å². The Hall–Kier alpha value is -2.04. The molecule has 1 fully saturated rings. The second-order valence-electron chi connectivity index (χ2n) is 5.63. The third-order valence-corrected chi connectivity index (χ3v) is 4.15. The smallest absolute Gasteiger partial charge is 0.335 e. The molecule has 0 saturated heterocycles. The van der Waals surface area contributed by atoms with E-state index in [2.05, 4.69) is 12.2 Å². The van der Waals surface area contributed by atoms with Crippen molar-refractivity contribution in [3.63, 3.8) is 0 Å². The van der Waals surface area contributed by atoms with Crippen molar-refractivity contribution in [2.24, 2.45) is 5.92 Å². The minimum atomic E-state index is -0.934. The fraction of sp³-hybridized carbons (Fsp3) is 0.500. The molecule has 2 N–H and O–H groups in total. The summed E-state index contributed by atoms with van der Waals surface area (Å²) in [6, 6.07) is 7.05. The Morgan fingerprint density at radius 1 is 1.38 bits per heavy atom. The Morgan fingerprint density at radius 2 is 2.05 bits per heavy atom. The summed E-state index contributed by atoms with van der Waals surface area (Å²) < 4.78 is 0. The molecule has 0 aliphatic heterocycles. The van der Waals surface area contributed by atoms with Crippen molar-refractivity contribution in [3.8, 4) is 0 Å². The topological polar surface area (TPSA) is 69.6 Å². The lowest BCUT2D eigenvalue weighted by atomic mass is 10.0. The third kappa shape index (κ3) is 3.97. The van der Waals surface area contributed by atoms with E-state index in [1.807, 2.05) is 13.1 Å². The second kappa shape index (κ2) is 6.61. The molecule has 5 nitrogen and oxygen atoms in total. The molecular weight excluding hydrogens is 268 g/mol. The molecule has 1 aliphatic rings. The molecule has 0 radical (unpaired) electrons. The van der Waals surface area contributed by atoms with Crippen LogP contribution in [0.4, 0.5) is 4.79 Å². The van der Waals surface area contributed by atoms with Gasteiger partial charge in [0.2, 0.25) is 0 Å². The van der Waals surface area contributed by atoms with Gasteiger partial charge in [0.15, 0.2) is 0 Å². The van der Waals surface area contributed by atoms with Crippen molar-refractivity contribution in [3.05, 3.63) is 35.4 Å². The number of carboxylic acid groups (broad SMARTS) is 1. The Bertz CT molecular complexity index is 526. The van der Waals surface area contributed by atoms with Crippen LogP contribution in [-0.4, -0.2) is 41.6 Å². The van der Waals surface area contributed by atoms with E-state index >= 15 is 0 Å². The van der Waals surface area contributed by atoms with Crippen LogP contribution in [0.5, 0.6) is 0 Å². The Balaban J connectivity index is 1.84. The van der Waals surface area contributed by atoms with Crippen molar-refractivity contribution in [2.45, 2.75) is 32.2 Å². The van der Waals surface area contributed by atoms with Crippen molar-refractivity contribution in [2.75, 3.05) is 13.6 Å². The highest BCUT2D eigenvalue weighted by Crippen LogP contribution is 2.34. The van der Waals surface area contributed by atoms with Crippen molar-refractivity contribution >= 4 is 12.0 Å². The molecule has 1 unspecified atom stereocenters. The first-order valence-corrected chi connectivity index (χ1v) is 7.32. The van der Waals surface area contributed by atoms with E-state index in [4.69, 9.17) is 5.11 Å². The number of carbonyl (C=O) groups excluding carboxylic acids is 1. The van der Waals surface area contributed by atoms with Crippen LogP contribution >= 0.6 is 0 Å². The van der Waals surface area contributed by atoms with Gasteiger partial charge in [0.25, 0.3) is 0 Å². The number of rotatable bonds is 6. The van der Waals surface area contributed by atoms with Gasteiger partial charge in [0.1, 0.15) is 0 Å². The zero-order chi connectivity index (χ0) is 15.4. The van der Waals surface area contributed by atoms with E-state index < -0.39 is 5.97 Å². The van der Waals surface area contributed by atoms with Gasteiger partial charge in [-0.1, -0.05) is 18.2 Å². The van der Waals surface area contributed by atoms with Gasteiger partial charge in [-0.05, 0) is 43.7 Å². The van der Waals surface area contributed by atoms with Crippen molar-refractivity contribution in [1.29, 1.82) is 0 Å². The average Bonchev–Trinajstić information content (AvgIpc) is 3.30. The largest absolute Gasteiger partial charge is 0.478 e. The maximum Gasteiger partial charge on any atom is 0.335 e. The van der Waals surface area contributed by atoms with E-state index in [0.29, 0.717) is 24.4 Å². The molecule has 2 amide bonds. The zero-order valence-electron chi connectivity index (χ0n) is 12.5. The van der Waals surface area contributed by atoms with E-state index in [9.17, 15) is 9.59 Å². The Morgan fingerprint density at radius 3 is 2.67 bits per heavy atom. The van der Waals surface area contributed by atoms with Gasteiger partial charge < -0.3 is 15.3 Å². The number of amides is 2. The number of carboxylic acids is 1. The summed E-state index contributed by atoms with van der Waals surface area (Å²) in [4.78, 5) is 24.9. The summed E-state index contributed by atoms with van der Waals surface area (Å²) in [6.45, 7) is 2.50. The Labute approximate surface area is 125 Å². The lowest BCUT2D eigenvalue weighted by Crippen LogP contribution is -2.43. The summed E-state index contributed by atoms with van der Waals surface area (Å²) in [5.41, 5.74) is 1.04. The van der Waals surface area contributed by atoms with Crippen LogP contribution in [0.15, 0.2) is 24.3 Å². The number of benzene rings is 1. The summed E-state index contributed by atoms with van der Waals surface area (Å²) in [5.74, 6) is -0.301. The third-order valence-electron chi connectivity index (χ3n) is 4.15. The lowest BCUT2D eigenvalue weighted by Gasteiger charge is -2.25. The first kappa shape index (κ1) is 15.4. The van der Waals surface area contributed by atoms with Crippen molar-refractivity contribution in [1.82, 2.24) is 10.2 Å². The van der Waals surface area contributed by atoms with Gasteiger partial charge >= 0.3 is 12.0 Å². The zero-order valence-corrected chi connectivity index (χ0v) is 12.5. The summed E-state index contributed by atoms with van der Waals surface area (Å²) in [6.07, 6.45) is 2.91. The summed E-state index contributed by atoms with van der Waals surface area (Å²) in [5, 5.41) is 12.0. The first-order valence-electron chi connectivity index (χ1n) is 7.32. The number of carbonyl (C=O) groups is 2. The second-order valence-corrected chi connectivity index (χ2v) is 5.63. The predicted octanol–water partition coefficient (Wildman–Crippen LogP) is 2.37. The Kier molecular flexibility index (Phi) is 4.83. The van der Waals surface area contributed by atoms with Crippen LogP contribution in [0.1, 0.15) is 35.7 Å². The minimum Gasteiger partial charge on any atom is -0.478 e. The van der Waals surface area contributed by atoms with Crippen molar-refractivity contribution < 1.29 is 14.7 Å². The number of hydrogen-bond acceptors (Lipinski definition) is 2. The first-order chi connectivity index (χ1) is 10.0. The van der Waals surface area contributed by atoms with Gasteiger partial charge in [-0.3, -0.25) is 0 Å². The molecule has 0 spiro atoms. The number of hydrogen-bond donors (Lipinski definition) is 2. The molecule has 114 valence electrons. The molecule has 5 heteroatoms. The standard InChI is InChI=1S/C16H22N2O3/c1-11(12-7-8-12)18(2)16(21)17-10-9-13-5-3-4-6-14(13)15(19)20/h3-6,11-12H,7-10H2,1-2H3,(H,17,21)(H,19,20). The molecule has 1 aliphatic carbocycles. The van der Waals surface area contributed by atoms with Crippen LogP contribution in [0, 0.1) is 5.92 Å². The highest BCUT2D eigenvalue weighted by atomic mass is 16.4. The number of nitrogens with one attached hydrogen (secondary N) is 1. The maximum atomic E-state index is 12.0. The summed E-state index contributed by atoms with van der Waals surface area (Å²) >= 11 is 0. The number of urea groups is 1. The maximum absolute atomic E-state index is 12.0. The van der Waals surface area contributed by atoms with Crippen LogP contribution in [0.3, 0.4) is 0 Å². The average molecular weight is 290 g/mol. The molecule has 1 aromatic carbocycles. The molecule has 1 saturated carbocycles. The molecule has 2 rings (SSSR count). The summed E-state index contributed by atoms with van der Waals surface area (Å²) in [7, 11) is 1.81. The van der Waals surface area contributed by atoms with Gasteiger partial charge in [0, 0.05) is 19.6 Å². The van der Waals surface area contributed by atoms with Gasteiger partial charge in [0.05, 0.1) is 5.56 Å². The van der Waals surface area contributed by atoms with Gasteiger partial charge in [-0.25, -0.2) is 9.59 Å². The monoisotopic (exact) mass is 290 g/mol. The van der Waals surface area contributed by atoms with E-state index in [-0.39, 0.29) is 12.1 Å². The normalized spacial score (nSPS) is 15.3.